The van der Waals surface area contributed by atoms with Gasteiger partial charge in [-0.3, -0.25) is 4.90 Å². The highest BCUT2D eigenvalue weighted by atomic mass is 19.1. The Morgan fingerprint density at radius 1 is 1.14 bits per heavy atom. The van der Waals surface area contributed by atoms with Gasteiger partial charge in [0, 0.05) is 31.2 Å². The standard InChI is InChI=1S/C21H26FN5O/c1-15(13-25-8-10-28-11-9-25)26-14-23-12-20(26)21-16(2)24-27(17(21)3)19-6-4-18(22)5-7-19/h4-7,12,14-15H,8-11,13H2,1-3H3. The van der Waals surface area contributed by atoms with Crippen molar-refractivity contribution >= 4 is 0 Å². The SMILES string of the molecule is Cc1nn(-c2ccc(F)cc2)c(C)c1-c1cncn1C(C)CN1CCOCC1. The van der Waals surface area contributed by atoms with Gasteiger partial charge in [0.1, 0.15) is 5.82 Å². The molecule has 0 radical (unpaired) electrons. The highest BCUT2D eigenvalue weighted by molar-refractivity contribution is 5.66. The first-order valence-corrected chi connectivity index (χ1v) is 9.69. The van der Waals surface area contributed by atoms with Crippen LogP contribution in [0, 0.1) is 19.7 Å². The summed E-state index contributed by atoms with van der Waals surface area (Å²) in [7, 11) is 0. The predicted molar refractivity (Wildman–Crippen MR) is 106 cm³/mol. The lowest BCUT2D eigenvalue weighted by atomic mass is 10.1. The number of ether oxygens (including phenoxy) is 1. The summed E-state index contributed by atoms with van der Waals surface area (Å²) in [4.78, 5) is 6.85. The zero-order chi connectivity index (χ0) is 19.7. The van der Waals surface area contributed by atoms with Crippen LogP contribution in [-0.4, -0.2) is 57.1 Å². The molecule has 2 aromatic heterocycles. The van der Waals surface area contributed by atoms with E-state index >= 15 is 0 Å². The fraction of sp³-hybridized carbons (Fsp3) is 0.429. The molecule has 1 aliphatic heterocycles. The molecule has 148 valence electrons. The molecule has 4 rings (SSSR count). The average molecular weight is 383 g/mol. The van der Waals surface area contributed by atoms with Gasteiger partial charge in [0.25, 0.3) is 0 Å². The number of benzene rings is 1. The summed E-state index contributed by atoms with van der Waals surface area (Å²) in [5, 5.41) is 4.71. The number of hydrogen-bond acceptors (Lipinski definition) is 4. The number of aromatic nitrogens is 4. The minimum absolute atomic E-state index is 0.250. The molecule has 7 heteroatoms. The van der Waals surface area contributed by atoms with Crippen molar-refractivity contribution in [1.82, 2.24) is 24.2 Å². The molecule has 1 atom stereocenters. The summed E-state index contributed by atoms with van der Waals surface area (Å²) < 4.78 is 22.8. The van der Waals surface area contributed by atoms with Gasteiger partial charge in [-0.2, -0.15) is 5.10 Å². The fourth-order valence-electron chi connectivity index (χ4n) is 3.94. The van der Waals surface area contributed by atoms with E-state index in [0.29, 0.717) is 0 Å². The topological polar surface area (TPSA) is 48.1 Å². The normalized spacial score (nSPS) is 16.4. The van der Waals surface area contributed by atoms with Crippen molar-refractivity contribution in [3.63, 3.8) is 0 Å². The Bertz CT molecular complexity index is 940. The molecular weight excluding hydrogens is 357 g/mol. The molecule has 1 aromatic carbocycles. The van der Waals surface area contributed by atoms with Crippen molar-refractivity contribution in [1.29, 1.82) is 0 Å². The molecule has 1 fully saturated rings. The molecule has 6 nitrogen and oxygen atoms in total. The van der Waals surface area contributed by atoms with E-state index in [1.165, 1.54) is 12.1 Å². The summed E-state index contributed by atoms with van der Waals surface area (Å²) >= 11 is 0. The maximum atomic E-state index is 13.3. The molecule has 1 saturated heterocycles. The Hall–Kier alpha value is -2.51. The summed E-state index contributed by atoms with van der Waals surface area (Å²) in [6.45, 7) is 10.8. The van der Waals surface area contributed by atoms with Crippen LogP contribution < -0.4 is 0 Å². The molecule has 0 spiro atoms. The lowest BCUT2D eigenvalue weighted by Gasteiger charge is -2.30. The van der Waals surface area contributed by atoms with Crippen molar-refractivity contribution in [2.45, 2.75) is 26.8 Å². The number of nitrogens with zero attached hydrogens (tertiary/aromatic N) is 5. The van der Waals surface area contributed by atoms with Gasteiger partial charge in [0.05, 0.1) is 48.5 Å². The van der Waals surface area contributed by atoms with E-state index < -0.39 is 0 Å². The number of aryl methyl sites for hydroxylation is 1. The third-order valence-electron chi connectivity index (χ3n) is 5.39. The first-order valence-electron chi connectivity index (χ1n) is 9.69. The maximum Gasteiger partial charge on any atom is 0.123 e. The molecule has 0 saturated carbocycles. The van der Waals surface area contributed by atoms with Crippen molar-refractivity contribution in [2.75, 3.05) is 32.8 Å². The summed E-state index contributed by atoms with van der Waals surface area (Å²) in [5.41, 5.74) is 4.94. The van der Waals surface area contributed by atoms with Gasteiger partial charge in [-0.05, 0) is 45.0 Å². The van der Waals surface area contributed by atoms with Crippen LogP contribution in [0.15, 0.2) is 36.8 Å². The number of morpholine rings is 1. The number of hydrogen-bond donors (Lipinski definition) is 0. The highest BCUT2D eigenvalue weighted by Gasteiger charge is 2.21. The zero-order valence-corrected chi connectivity index (χ0v) is 16.6. The molecule has 0 aliphatic carbocycles. The van der Waals surface area contributed by atoms with E-state index in [1.54, 1.807) is 12.1 Å². The zero-order valence-electron chi connectivity index (χ0n) is 16.6. The predicted octanol–water partition coefficient (Wildman–Crippen LogP) is 3.38. The van der Waals surface area contributed by atoms with E-state index in [9.17, 15) is 4.39 Å². The molecule has 1 aliphatic rings. The number of halogens is 1. The fourth-order valence-corrected chi connectivity index (χ4v) is 3.94. The molecule has 3 heterocycles. The van der Waals surface area contributed by atoms with E-state index in [0.717, 1.165) is 61.2 Å². The Balaban J connectivity index is 1.65. The van der Waals surface area contributed by atoms with Crippen LogP contribution in [0.3, 0.4) is 0 Å². The molecule has 28 heavy (non-hydrogen) atoms. The quantitative estimate of drug-likeness (QED) is 0.678. The third-order valence-corrected chi connectivity index (χ3v) is 5.39. The van der Waals surface area contributed by atoms with Gasteiger partial charge in [-0.15, -0.1) is 0 Å². The van der Waals surface area contributed by atoms with Gasteiger partial charge in [-0.1, -0.05) is 0 Å². The minimum Gasteiger partial charge on any atom is -0.379 e. The Labute approximate surface area is 164 Å². The smallest absolute Gasteiger partial charge is 0.123 e. The lowest BCUT2D eigenvalue weighted by molar-refractivity contribution is 0.0326. The molecule has 0 bridgehead atoms. The van der Waals surface area contributed by atoms with Crippen LogP contribution in [0.4, 0.5) is 4.39 Å². The van der Waals surface area contributed by atoms with Crippen LogP contribution in [0.1, 0.15) is 24.4 Å². The van der Waals surface area contributed by atoms with Crippen molar-refractivity contribution < 1.29 is 9.13 Å². The first kappa shape index (κ1) is 18.8. The second-order valence-corrected chi connectivity index (χ2v) is 7.38. The molecule has 0 amide bonds. The van der Waals surface area contributed by atoms with Crippen molar-refractivity contribution in [3.8, 4) is 16.9 Å². The molecule has 3 aromatic rings. The van der Waals surface area contributed by atoms with Crippen LogP contribution in [0.2, 0.25) is 0 Å². The van der Waals surface area contributed by atoms with E-state index in [4.69, 9.17) is 9.84 Å². The summed E-state index contributed by atoms with van der Waals surface area (Å²) in [6, 6.07) is 6.69. The molecule has 1 unspecified atom stereocenters. The van der Waals surface area contributed by atoms with Crippen LogP contribution >= 0.6 is 0 Å². The molecule has 0 N–H and O–H groups in total. The van der Waals surface area contributed by atoms with Crippen molar-refractivity contribution in [3.05, 3.63) is 54.0 Å². The average Bonchev–Trinajstić information content (AvgIpc) is 3.27. The first-order chi connectivity index (χ1) is 13.5. The highest BCUT2D eigenvalue weighted by Crippen LogP contribution is 2.30. The Morgan fingerprint density at radius 3 is 2.57 bits per heavy atom. The van der Waals surface area contributed by atoms with Gasteiger partial charge in [0.2, 0.25) is 0 Å². The monoisotopic (exact) mass is 383 g/mol. The van der Waals surface area contributed by atoms with Gasteiger partial charge in [-0.25, -0.2) is 14.1 Å². The van der Waals surface area contributed by atoms with Gasteiger partial charge < -0.3 is 9.30 Å². The van der Waals surface area contributed by atoms with E-state index in [-0.39, 0.29) is 11.9 Å². The van der Waals surface area contributed by atoms with Crippen LogP contribution in [-0.2, 0) is 4.74 Å². The maximum absolute atomic E-state index is 13.3. The summed E-state index contributed by atoms with van der Waals surface area (Å²) in [6.07, 6.45) is 3.80. The largest absolute Gasteiger partial charge is 0.379 e. The Morgan fingerprint density at radius 2 is 1.86 bits per heavy atom. The Kier molecular flexibility index (Phi) is 5.28. The van der Waals surface area contributed by atoms with E-state index in [2.05, 4.69) is 21.4 Å². The molecular formula is C21H26FN5O. The lowest BCUT2D eigenvalue weighted by Crippen LogP contribution is -2.39. The minimum atomic E-state index is -0.250. The van der Waals surface area contributed by atoms with Gasteiger partial charge in [0.15, 0.2) is 0 Å². The number of rotatable bonds is 5. The van der Waals surface area contributed by atoms with Crippen LogP contribution in [0.25, 0.3) is 16.9 Å². The summed E-state index contributed by atoms with van der Waals surface area (Å²) in [5.74, 6) is -0.250. The second-order valence-electron chi connectivity index (χ2n) is 7.38. The van der Waals surface area contributed by atoms with Crippen LogP contribution in [0.5, 0.6) is 0 Å². The van der Waals surface area contributed by atoms with Gasteiger partial charge >= 0.3 is 0 Å². The van der Waals surface area contributed by atoms with Crippen molar-refractivity contribution in [2.24, 2.45) is 0 Å². The second kappa shape index (κ2) is 7.85. The van der Waals surface area contributed by atoms with E-state index in [1.807, 2.05) is 31.1 Å². The third kappa shape index (κ3) is 3.59. The number of imidazole rings is 1.